The van der Waals surface area contributed by atoms with Crippen LogP contribution in [0.2, 0.25) is 0 Å². The van der Waals surface area contributed by atoms with Crippen molar-refractivity contribution in [3.05, 3.63) is 26.6 Å². The Kier molecular flexibility index (Phi) is 4.37. The first kappa shape index (κ1) is 15.8. The summed E-state index contributed by atoms with van der Waals surface area (Å²) in [6.45, 7) is 2.37. The quantitative estimate of drug-likeness (QED) is 0.838. The maximum Gasteiger partial charge on any atom is 0.259 e. The summed E-state index contributed by atoms with van der Waals surface area (Å²) in [5.41, 5.74) is 1.09. The number of nitrogens with one attached hydrogen (secondary N) is 1. The highest BCUT2D eigenvalue weighted by molar-refractivity contribution is 7.18. The molecule has 1 aliphatic heterocycles. The molecular formula is C17H21N3O3S. The molecule has 2 aromatic rings. The number of fused-ring (bicyclic) bond motifs is 3. The summed E-state index contributed by atoms with van der Waals surface area (Å²) in [6, 6.07) is 0. The van der Waals surface area contributed by atoms with Crippen molar-refractivity contribution in [3.63, 3.8) is 0 Å². The maximum atomic E-state index is 12.6. The molecule has 0 atom stereocenters. The van der Waals surface area contributed by atoms with E-state index in [2.05, 4.69) is 9.97 Å². The second-order valence-electron chi connectivity index (χ2n) is 6.43. The Hall–Kier alpha value is -1.73. The molecule has 1 fully saturated rings. The van der Waals surface area contributed by atoms with Crippen molar-refractivity contribution < 1.29 is 9.53 Å². The van der Waals surface area contributed by atoms with Gasteiger partial charge in [0.1, 0.15) is 10.7 Å². The van der Waals surface area contributed by atoms with Crippen molar-refractivity contribution in [1.29, 1.82) is 0 Å². The van der Waals surface area contributed by atoms with Gasteiger partial charge in [0.05, 0.1) is 25.0 Å². The van der Waals surface area contributed by atoms with E-state index in [1.165, 1.54) is 23.3 Å². The number of hydrogen-bond donors (Lipinski definition) is 1. The Bertz CT molecular complexity index is 820. The topological polar surface area (TPSA) is 75.3 Å². The lowest BCUT2D eigenvalue weighted by molar-refractivity contribution is -0.134. The van der Waals surface area contributed by atoms with E-state index >= 15 is 0 Å². The zero-order valence-corrected chi connectivity index (χ0v) is 14.4. The number of ether oxygens (including phenoxy) is 1. The minimum atomic E-state index is -0.0934. The molecule has 0 aromatic carbocycles. The van der Waals surface area contributed by atoms with Gasteiger partial charge < -0.3 is 14.6 Å². The summed E-state index contributed by atoms with van der Waals surface area (Å²) in [5.74, 6) is 0.472. The largest absolute Gasteiger partial charge is 0.378 e. The lowest BCUT2D eigenvalue weighted by Gasteiger charge is -2.26. The first-order valence-electron chi connectivity index (χ1n) is 8.61. The van der Waals surface area contributed by atoms with E-state index in [0.29, 0.717) is 32.1 Å². The molecule has 3 heterocycles. The predicted octanol–water partition coefficient (Wildman–Crippen LogP) is 1.65. The molecule has 1 saturated heterocycles. The summed E-state index contributed by atoms with van der Waals surface area (Å²) in [5, 5.41) is 0.750. The Morgan fingerprint density at radius 2 is 2.00 bits per heavy atom. The zero-order valence-electron chi connectivity index (χ0n) is 13.6. The molecule has 0 bridgehead atoms. The highest BCUT2D eigenvalue weighted by atomic mass is 32.1. The van der Waals surface area contributed by atoms with Gasteiger partial charge in [0.25, 0.3) is 5.56 Å². The molecular weight excluding hydrogens is 326 g/mol. The Labute approximate surface area is 143 Å². The third-order valence-corrected chi connectivity index (χ3v) is 5.99. The fraction of sp³-hybridized carbons (Fsp3) is 0.588. The molecule has 1 N–H and O–H groups in total. The van der Waals surface area contributed by atoms with Gasteiger partial charge in [-0.15, -0.1) is 11.3 Å². The second kappa shape index (κ2) is 6.64. The van der Waals surface area contributed by atoms with E-state index in [1.54, 1.807) is 16.2 Å². The number of H-pyrrole nitrogens is 1. The highest BCUT2D eigenvalue weighted by Crippen LogP contribution is 2.32. The standard InChI is InChI=1S/C17H21N3O3S/c21-14(20-6-8-23-9-7-20)10-13-18-16(22)15-11-4-2-1-3-5-12(11)24-17(15)19-13/h1-10H2,(H,18,19,22). The van der Waals surface area contributed by atoms with Gasteiger partial charge in [-0.3, -0.25) is 9.59 Å². The van der Waals surface area contributed by atoms with Crippen LogP contribution < -0.4 is 5.56 Å². The normalized spacial score (nSPS) is 18.4. The number of nitrogens with zero attached hydrogens (tertiary/aromatic N) is 2. The summed E-state index contributed by atoms with van der Waals surface area (Å²) >= 11 is 1.63. The summed E-state index contributed by atoms with van der Waals surface area (Å²) in [6.07, 6.45) is 5.69. The third-order valence-electron chi connectivity index (χ3n) is 4.81. The number of thiophene rings is 1. The van der Waals surface area contributed by atoms with E-state index in [9.17, 15) is 9.59 Å². The molecule has 4 rings (SSSR count). The van der Waals surface area contributed by atoms with Gasteiger partial charge in [0, 0.05) is 18.0 Å². The van der Waals surface area contributed by atoms with Crippen LogP contribution in [0.15, 0.2) is 4.79 Å². The fourth-order valence-corrected chi connectivity index (χ4v) is 4.82. The number of carbonyl (C=O) groups excluding carboxylic acids is 1. The maximum absolute atomic E-state index is 12.6. The summed E-state index contributed by atoms with van der Waals surface area (Å²) < 4.78 is 5.27. The van der Waals surface area contributed by atoms with Crippen LogP contribution >= 0.6 is 11.3 Å². The highest BCUT2D eigenvalue weighted by Gasteiger charge is 2.21. The first-order valence-corrected chi connectivity index (χ1v) is 9.43. The van der Waals surface area contributed by atoms with E-state index < -0.39 is 0 Å². The lowest BCUT2D eigenvalue weighted by Crippen LogP contribution is -2.41. The summed E-state index contributed by atoms with van der Waals surface area (Å²) in [7, 11) is 0. The Balaban J connectivity index is 1.63. The van der Waals surface area contributed by atoms with E-state index in [4.69, 9.17) is 4.74 Å². The molecule has 0 unspecified atom stereocenters. The van der Waals surface area contributed by atoms with Crippen molar-refractivity contribution in [3.8, 4) is 0 Å². The van der Waals surface area contributed by atoms with Gasteiger partial charge in [-0.2, -0.15) is 0 Å². The zero-order chi connectivity index (χ0) is 16.5. The Morgan fingerprint density at radius 3 is 2.83 bits per heavy atom. The van der Waals surface area contributed by atoms with Crippen LogP contribution in [0.5, 0.6) is 0 Å². The molecule has 1 aliphatic carbocycles. The van der Waals surface area contributed by atoms with Crippen molar-refractivity contribution in [2.24, 2.45) is 0 Å². The molecule has 0 saturated carbocycles. The van der Waals surface area contributed by atoms with Gasteiger partial charge in [-0.25, -0.2) is 4.98 Å². The molecule has 1 amide bonds. The molecule has 2 aromatic heterocycles. The van der Waals surface area contributed by atoms with Crippen molar-refractivity contribution in [1.82, 2.24) is 14.9 Å². The van der Waals surface area contributed by atoms with Crippen LogP contribution in [0.25, 0.3) is 10.2 Å². The van der Waals surface area contributed by atoms with E-state index in [0.717, 1.165) is 29.5 Å². The molecule has 128 valence electrons. The van der Waals surface area contributed by atoms with Crippen LogP contribution in [-0.2, 0) is 28.8 Å². The Morgan fingerprint density at radius 1 is 1.21 bits per heavy atom. The van der Waals surface area contributed by atoms with Gasteiger partial charge in [-0.1, -0.05) is 6.42 Å². The molecule has 6 nitrogen and oxygen atoms in total. The van der Waals surface area contributed by atoms with Crippen molar-refractivity contribution in [2.75, 3.05) is 26.3 Å². The fourth-order valence-electron chi connectivity index (χ4n) is 3.54. The van der Waals surface area contributed by atoms with E-state index in [1.807, 2.05) is 0 Å². The van der Waals surface area contributed by atoms with Crippen LogP contribution in [-0.4, -0.2) is 47.1 Å². The summed E-state index contributed by atoms with van der Waals surface area (Å²) in [4.78, 5) is 36.2. The van der Waals surface area contributed by atoms with Gasteiger partial charge in [0.15, 0.2) is 0 Å². The number of aryl methyl sites for hydroxylation is 2. The van der Waals surface area contributed by atoms with Crippen molar-refractivity contribution in [2.45, 2.75) is 38.5 Å². The number of aromatic amines is 1. The van der Waals surface area contributed by atoms with Crippen LogP contribution in [0.4, 0.5) is 0 Å². The third kappa shape index (κ3) is 2.98. The monoisotopic (exact) mass is 347 g/mol. The minimum absolute atomic E-state index is 0.00100. The van der Waals surface area contributed by atoms with Crippen LogP contribution in [0.3, 0.4) is 0 Å². The van der Waals surface area contributed by atoms with Crippen LogP contribution in [0, 0.1) is 0 Å². The van der Waals surface area contributed by atoms with Gasteiger partial charge in [0.2, 0.25) is 5.91 Å². The number of carbonyl (C=O) groups is 1. The number of morpholine rings is 1. The van der Waals surface area contributed by atoms with Gasteiger partial charge in [-0.05, 0) is 31.2 Å². The smallest absolute Gasteiger partial charge is 0.259 e. The molecule has 2 aliphatic rings. The average molecular weight is 347 g/mol. The molecule has 0 spiro atoms. The first-order chi connectivity index (χ1) is 11.7. The second-order valence-corrected chi connectivity index (χ2v) is 7.51. The number of hydrogen-bond acceptors (Lipinski definition) is 5. The predicted molar refractivity (Wildman–Crippen MR) is 92.6 cm³/mol. The molecule has 24 heavy (non-hydrogen) atoms. The van der Waals surface area contributed by atoms with Gasteiger partial charge >= 0.3 is 0 Å². The minimum Gasteiger partial charge on any atom is -0.378 e. The average Bonchev–Trinajstić information content (AvgIpc) is 2.78. The molecule has 0 radical (unpaired) electrons. The SMILES string of the molecule is O=C(Cc1nc2sc3c(c2c(=O)[nH]1)CCCCC3)N1CCOCC1. The lowest BCUT2D eigenvalue weighted by atomic mass is 10.1. The number of aromatic nitrogens is 2. The van der Waals surface area contributed by atoms with E-state index in [-0.39, 0.29) is 17.9 Å². The van der Waals surface area contributed by atoms with Crippen LogP contribution in [0.1, 0.15) is 35.5 Å². The van der Waals surface area contributed by atoms with Crippen molar-refractivity contribution >= 4 is 27.5 Å². The number of amides is 1. The molecule has 7 heteroatoms. The number of rotatable bonds is 2.